The topological polar surface area (TPSA) is 70.5 Å². The van der Waals surface area contributed by atoms with Crippen LogP contribution in [0.5, 0.6) is 0 Å². The third-order valence-electron chi connectivity index (χ3n) is 4.61. The van der Waals surface area contributed by atoms with E-state index >= 15 is 0 Å². The Morgan fingerprint density at radius 1 is 1.05 bits per heavy atom. The molecule has 3 rings (SSSR count). The van der Waals surface area contributed by atoms with E-state index in [-0.39, 0.29) is 0 Å². The van der Waals surface area contributed by atoms with Gasteiger partial charge in [-0.1, -0.05) is 23.4 Å². The van der Waals surface area contributed by atoms with Gasteiger partial charge >= 0.3 is 7.12 Å². The highest BCUT2D eigenvalue weighted by Crippen LogP contribution is 2.38. The summed E-state index contributed by atoms with van der Waals surface area (Å²) in [7, 11) is -0.522. The van der Waals surface area contributed by atoms with Gasteiger partial charge in [-0.2, -0.15) is 0 Å². The first-order chi connectivity index (χ1) is 10.2. The molecule has 1 aromatic heterocycles. The number of benzene rings is 1. The molecule has 0 unspecified atom stereocenters. The molecule has 0 amide bonds. The van der Waals surface area contributed by atoms with Crippen LogP contribution in [0.2, 0.25) is 0 Å². The second-order valence-electron chi connectivity index (χ2n) is 6.68. The second kappa shape index (κ2) is 4.86. The van der Waals surface area contributed by atoms with Crippen LogP contribution in [0.15, 0.2) is 28.8 Å². The summed E-state index contributed by atoms with van der Waals surface area (Å²) in [5, 5.41) is 4.17. The molecular weight excluding hydrogens is 279 g/mol. The molecule has 2 aromatic rings. The van der Waals surface area contributed by atoms with E-state index in [1.54, 1.807) is 0 Å². The summed E-state index contributed by atoms with van der Waals surface area (Å²) in [6.07, 6.45) is 0. The molecule has 116 valence electrons. The molecule has 1 aromatic carbocycles. The van der Waals surface area contributed by atoms with Crippen LogP contribution in [0, 0.1) is 6.92 Å². The van der Waals surface area contributed by atoms with Gasteiger partial charge in [0.05, 0.1) is 16.7 Å². The van der Waals surface area contributed by atoms with E-state index in [4.69, 9.17) is 19.6 Å². The minimum absolute atomic E-state index is 0.416. The van der Waals surface area contributed by atoms with Crippen molar-refractivity contribution >= 4 is 18.3 Å². The molecule has 22 heavy (non-hydrogen) atoms. The third-order valence-corrected chi connectivity index (χ3v) is 4.61. The average Bonchev–Trinajstić information content (AvgIpc) is 2.88. The van der Waals surface area contributed by atoms with Gasteiger partial charge in [-0.25, -0.2) is 0 Å². The fourth-order valence-electron chi connectivity index (χ4n) is 2.52. The Kier molecular flexibility index (Phi) is 3.34. The Labute approximate surface area is 130 Å². The lowest BCUT2D eigenvalue weighted by Crippen LogP contribution is -2.41. The first-order valence-electron chi connectivity index (χ1n) is 7.39. The minimum atomic E-state index is -0.522. The largest absolute Gasteiger partial charge is 0.500 e. The van der Waals surface area contributed by atoms with E-state index in [2.05, 4.69) is 5.16 Å². The van der Waals surface area contributed by atoms with Crippen molar-refractivity contribution in [3.63, 3.8) is 0 Å². The molecule has 0 bridgehead atoms. The van der Waals surface area contributed by atoms with Crippen LogP contribution < -0.4 is 11.2 Å². The van der Waals surface area contributed by atoms with E-state index in [1.165, 1.54) is 0 Å². The molecule has 1 saturated heterocycles. The minimum Gasteiger partial charge on any atom is -0.399 e. The molecular formula is C16H21BN2O3. The van der Waals surface area contributed by atoms with Crippen molar-refractivity contribution in [3.8, 4) is 11.3 Å². The quantitative estimate of drug-likeness (QED) is 0.681. The standard InChI is InChI=1S/C16H21BN2O3/c1-10-13(17-21-15(2,3)16(4,5)22-17)14(19-20-10)11-8-6-7-9-12(11)18/h6-9H,18H2,1-5H3. The number of aryl methyl sites for hydroxylation is 1. The number of nitrogens with zero attached hydrogens (tertiary/aromatic N) is 1. The van der Waals surface area contributed by atoms with Gasteiger partial charge in [-0.05, 0) is 40.7 Å². The zero-order chi connectivity index (χ0) is 16.1. The van der Waals surface area contributed by atoms with Crippen molar-refractivity contribution < 1.29 is 13.8 Å². The molecule has 0 aliphatic carbocycles. The van der Waals surface area contributed by atoms with Gasteiger partial charge in [-0.3, -0.25) is 0 Å². The van der Waals surface area contributed by atoms with Crippen molar-refractivity contribution in [2.24, 2.45) is 0 Å². The van der Waals surface area contributed by atoms with Gasteiger partial charge in [-0.15, -0.1) is 0 Å². The number of nitrogen functional groups attached to an aromatic ring is 1. The predicted octanol–water partition coefficient (Wildman–Crippen LogP) is 2.53. The highest BCUT2D eigenvalue weighted by molar-refractivity contribution is 6.64. The van der Waals surface area contributed by atoms with Gasteiger partial charge in [0.2, 0.25) is 0 Å². The molecule has 0 saturated carbocycles. The molecule has 1 aliphatic heterocycles. The first kappa shape index (κ1) is 15.1. The second-order valence-corrected chi connectivity index (χ2v) is 6.68. The number of hydrogen-bond donors (Lipinski definition) is 1. The maximum absolute atomic E-state index is 6.13. The van der Waals surface area contributed by atoms with Crippen molar-refractivity contribution in [2.45, 2.75) is 45.8 Å². The fraction of sp³-hybridized carbons (Fsp3) is 0.438. The van der Waals surface area contributed by atoms with Crippen LogP contribution in [-0.4, -0.2) is 23.5 Å². The van der Waals surface area contributed by atoms with Gasteiger partial charge in [0, 0.05) is 11.3 Å². The number of para-hydroxylation sites is 1. The van der Waals surface area contributed by atoms with Gasteiger partial charge < -0.3 is 19.6 Å². The van der Waals surface area contributed by atoms with E-state index < -0.39 is 18.3 Å². The summed E-state index contributed by atoms with van der Waals surface area (Å²) >= 11 is 0. The predicted molar refractivity (Wildman–Crippen MR) is 86.8 cm³/mol. The highest BCUT2D eigenvalue weighted by Gasteiger charge is 2.53. The SMILES string of the molecule is Cc1onc(-c2ccccc2N)c1B1OC(C)(C)C(C)(C)O1. The van der Waals surface area contributed by atoms with Gasteiger partial charge in [0.15, 0.2) is 0 Å². The van der Waals surface area contributed by atoms with Crippen molar-refractivity contribution in [2.75, 3.05) is 5.73 Å². The van der Waals surface area contributed by atoms with E-state index in [1.807, 2.05) is 58.9 Å². The number of anilines is 1. The Morgan fingerprint density at radius 3 is 2.23 bits per heavy atom. The summed E-state index contributed by atoms with van der Waals surface area (Å²) in [5.41, 5.74) is 8.19. The van der Waals surface area contributed by atoms with Crippen LogP contribution in [-0.2, 0) is 9.31 Å². The van der Waals surface area contributed by atoms with Crippen molar-refractivity contribution in [1.82, 2.24) is 5.16 Å². The number of aromatic nitrogens is 1. The Morgan fingerprint density at radius 2 is 1.64 bits per heavy atom. The van der Waals surface area contributed by atoms with Crippen LogP contribution in [0.1, 0.15) is 33.5 Å². The van der Waals surface area contributed by atoms with Crippen LogP contribution >= 0.6 is 0 Å². The summed E-state index contributed by atoms with van der Waals surface area (Å²) in [6, 6.07) is 7.57. The zero-order valence-electron chi connectivity index (χ0n) is 13.6. The van der Waals surface area contributed by atoms with Crippen molar-refractivity contribution in [1.29, 1.82) is 0 Å². The summed E-state index contributed by atoms with van der Waals surface area (Å²) in [5.74, 6) is 0.678. The fourth-order valence-corrected chi connectivity index (χ4v) is 2.52. The van der Waals surface area contributed by atoms with Gasteiger partial charge in [0.1, 0.15) is 11.5 Å². The van der Waals surface area contributed by atoms with Crippen LogP contribution in [0.25, 0.3) is 11.3 Å². The highest BCUT2D eigenvalue weighted by atomic mass is 16.7. The van der Waals surface area contributed by atoms with E-state index in [0.29, 0.717) is 17.1 Å². The molecule has 5 nitrogen and oxygen atoms in total. The first-order valence-corrected chi connectivity index (χ1v) is 7.39. The summed E-state index contributed by atoms with van der Waals surface area (Å²) in [4.78, 5) is 0. The molecule has 2 heterocycles. The Hall–Kier alpha value is -1.79. The third kappa shape index (κ3) is 2.23. The summed E-state index contributed by atoms with van der Waals surface area (Å²) < 4.78 is 17.6. The lowest BCUT2D eigenvalue weighted by atomic mass is 9.76. The molecule has 0 radical (unpaired) electrons. The molecule has 1 fully saturated rings. The molecule has 6 heteroatoms. The maximum atomic E-state index is 6.13. The lowest BCUT2D eigenvalue weighted by Gasteiger charge is -2.32. The number of nitrogens with two attached hydrogens (primary N) is 1. The monoisotopic (exact) mass is 300 g/mol. The van der Waals surface area contributed by atoms with Crippen LogP contribution in [0.4, 0.5) is 5.69 Å². The lowest BCUT2D eigenvalue weighted by molar-refractivity contribution is 0.00578. The van der Waals surface area contributed by atoms with Gasteiger partial charge in [0.25, 0.3) is 0 Å². The normalized spacial score (nSPS) is 19.6. The smallest absolute Gasteiger partial charge is 0.399 e. The average molecular weight is 300 g/mol. The Bertz CT molecular complexity index is 693. The van der Waals surface area contributed by atoms with Crippen LogP contribution in [0.3, 0.4) is 0 Å². The van der Waals surface area contributed by atoms with E-state index in [0.717, 1.165) is 11.0 Å². The van der Waals surface area contributed by atoms with E-state index in [9.17, 15) is 0 Å². The molecule has 0 spiro atoms. The maximum Gasteiger partial charge on any atom is 0.500 e. The van der Waals surface area contributed by atoms with Crippen molar-refractivity contribution in [3.05, 3.63) is 30.0 Å². The number of rotatable bonds is 2. The summed E-state index contributed by atoms with van der Waals surface area (Å²) in [6.45, 7) is 9.94. The zero-order valence-corrected chi connectivity index (χ0v) is 13.6. The molecule has 0 atom stereocenters. The number of hydrogen-bond acceptors (Lipinski definition) is 5. The molecule has 2 N–H and O–H groups in total. The Balaban J connectivity index is 2.07. The molecule has 1 aliphatic rings.